The van der Waals surface area contributed by atoms with Gasteiger partial charge in [0.05, 0.1) is 19.9 Å². The molecule has 0 aliphatic heterocycles. The standard InChI is InChI=1S/C14H14FNO3/c1-17-10-6-11(18-2)8-12(7-10)19-14-5-9(15)3-4-13(14)16/h3-8H,16H2,1-2H3. The van der Waals surface area contributed by atoms with Gasteiger partial charge in [0.1, 0.15) is 23.1 Å². The number of hydrogen-bond donors (Lipinski definition) is 1. The lowest BCUT2D eigenvalue weighted by Crippen LogP contribution is -1.94. The zero-order valence-corrected chi connectivity index (χ0v) is 10.6. The van der Waals surface area contributed by atoms with Crippen molar-refractivity contribution in [3.63, 3.8) is 0 Å². The van der Waals surface area contributed by atoms with Crippen LogP contribution >= 0.6 is 0 Å². The van der Waals surface area contributed by atoms with Gasteiger partial charge in [0.15, 0.2) is 5.75 Å². The van der Waals surface area contributed by atoms with E-state index in [4.69, 9.17) is 19.9 Å². The van der Waals surface area contributed by atoms with Crippen molar-refractivity contribution < 1.29 is 18.6 Å². The van der Waals surface area contributed by atoms with Crippen LogP contribution in [0.2, 0.25) is 0 Å². The number of anilines is 1. The molecule has 2 aromatic rings. The summed E-state index contributed by atoms with van der Waals surface area (Å²) >= 11 is 0. The van der Waals surface area contributed by atoms with Gasteiger partial charge >= 0.3 is 0 Å². The normalized spacial score (nSPS) is 10.1. The summed E-state index contributed by atoms with van der Waals surface area (Å²) in [6, 6.07) is 8.97. The fraction of sp³-hybridized carbons (Fsp3) is 0.143. The van der Waals surface area contributed by atoms with Crippen molar-refractivity contribution in [1.29, 1.82) is 0 Å². The Morgan fingerprint density at radius 3 is 2.05 bits per heavy atom. The van der Waals surface area contributed by atoms with E-state index >= 15 is 0 Å². The Hall–Kier alpha value is -2.43. The van der Waals surface area contributed by atoms with E-state index in [9.17, 15) is 4.39 Å². The van der Waals surface area contributed by atoms with Crippen LogP contribution in [0, 0.1) is 5.82 Å². The van der Waals surface area contributed by atoms with Gasteiger partial charge in [-0.3, -0.25) is 0 Å². The fourth-order valence-corrected chi connectivity index (χ4v) is 1.56. The van der Waals surface area contributed by atoms with Crippen LogP contribution in [-0.4, -0.2) is 14.2 Å². The first-order valence-electron chi connectivity index (χ1n) is 5.58. The highest BCUT2D eigenvalue weighted by molar-refractivity contribution is 5.54. The molecule has 2 rings (SSSR count). The number of nitrogen functional groups attached to an aromatic ring is 1. The van der Waals surface area contributed by atoms with Crippen molar-refractivity contribution in [3.05, 3.63) is 42.2 Å². The molecule has 0 bridgehead atoms. The summed E-state index contributed by atoms with van der Waals surface area (Å²) in [7, 11) is 3.07. The van der Waals surface area contributed by atoms with Gasteiger partial charge in [-0.2, -0.15) is 0 Å². The summed E-state index contributed by atoms with van der Waals surface area (Å²) in [5.41, 5.74) is 6.07. The zero-order valence-electron chi connectivity index (χ0n) is 10.6. The van der Waals surface area contributed by atoms with E-state index in [0.717, 1.165) is 0 Å². The molecule has 100 valence electrons. The Morgan fingerprint density at radius 1 is 0.895 bits per heavy atom. The van der Waals surface area contributed by atoms with E-state index in [1.54, 1.807) is 18.2 Å². The molecule has 0 saturated heterocycles. The smallest absolute Gasteiger partial charge is 0.153 e. The van der Waals surface area contributed by atoms with Gasteiger partial charge in [-0.25, -0.2) is 4.39 Å². The predicted molar refractivity (Wildman–Crippen MR) is 70.4 cm³/mol. The van der Waals surface area contributed by atoms with Gasteiger partial charge in [-0.05, 0) is 12.1 Å². The largest absolute Gasteiger partial charge is 0.496 e. The van der Waals surface area contributed by atoms with Crippen molar-refractivity contribution in [2.45, 2.75) is 0 Å². The third kappa shape index (κ3) is 3.07. The van der Waals surface area contributed by atoms with Crippen LogP contribution in [0.4, 0.5) is 10.1 Å². The summed E-state index contributed by atoms with van der Waals surface area (Å²) in [4.78, 5) is 0. The number of methoxy groups -OCH3 is 2. The number of nitrogens with two attached hydrogens (primary N) is 1. The highest BCUT2D eigenvalue weighted by Gasteiger charge is 2.07. The molecular weight excluding hydrogens is 249 g/mol. The molecule has 0 aliphatic carbocycles. The second kappa shape index (κ2) is 5.48. The summed E-state index contributed by atoms with van der Waals surface area (Å²) in [6.07, 6.45) is 0. The molecule has 0 saturated carbocycles. The number of rotatable bonds is 4. The molecule has 0 spiro atoms. The maximum Gasteiger partial charge on any atom is 0.153 e. The predicted octanol–water partition coefficient (Wildman–Crippen LogP) is 3.22. The van der Waals surface area contributed by atoms with Gasteiger partial charge in [-0.1, -0.05) is 0 Å². The topological polar surface area (TPSA) is 53.7 Å². The summed E-state index contributed by atoms with van der Waals surface area (Å²) in [5.74, 6) is 1.43. The van der Waals surface area contributed by atoms with E-state index in [2.05, 4.69) is 0 Å². The molecule has 0 unspecified atom stereocenters. The lowest BCUT2D eigenvalue weighted by atomic mass is 10.2. The molecule has 2 aromatic carbocycles. The number of halogens is 1. The Bertz CT molecular complexity index is 565. The second-order valence-corrected chi connectivity index (χ2v) is 3.83. The van der Waals surface area contributed by atoms with Crippen molar-refractivity contribution in [1.82, 2.24) is 0 Å². The van der Waals surface area contributed by atoms with E-state index in [1.807, 2.05) is 0 Å². The highest BCUT2D eigenvalue weighted by Crippen LogP contribution is 2.33. The molecule has 0 radical (unpaired) electrons. The Morgan fingerprint density at radius 2 is 1.47 bits per heavy atom. The number of hydrogen-bond acceptors (Lipinski definition) is 4. The molecule has 0 atom stereocenters. The molecule has 0 fully saturated rings. The fourth-order valence-electron chi connectivity index (χ4n) is 1.56. The molecular formula is C14H14FNO3. The third-order valence-corrected chi connectivity index (χ3v) is 2.53. The number of ether oxygens (including phenoxy) is 3. The van der Waals surface area contributed by atoms with E-state index in [1.165, 1.54) is 32.4 Å². The van der Waals surface area contributed by atoms with Crippen molar-refractivity contribution >= 4 is 5.69 Å². The average molecular weight is 263 g/mol. The Labute approximate surface area is 110 Å². The van der Waals surface area contributed by atoms with Crippen molar-refractivity contribution in [2.24, 2.45) is 0 Å². The number of benzene rings is 2. The lowest BCUT2D eigenvalue weighted by Gasteiger charge is -2.11. The van der Waals surface area contributed by atoms with Crippen LogP contribution in [0.25, 0.3) is 0 Å². The molecule has 19 heavy (non-hydrogen) atoms. The molecule has 0 aromatic heterocycles. The summed E-state index contributed by atoms with van der Waals surface area (Å²) in [5, 5.41) is 0. The van der Waals surface area contributed by atoms with Crippen LogP contribution in [-0.2, 0) is 0 Å². The van der Waals surface area contributed by atoms with Crippen molar-refractivity contribution in [3.8, 4) is 23.0 Å². The lowest BCUT2D eigenvalue weighted by molar-refractivity contribution is 0.386. The highest BCUT2D eigenvalue weighted by atomic mass is 19.1. The van der Waals surface area contributed by atoms with Crippen LogP contribution < -0.4 is 19.9 Å². The molecule has 5 heteroatoms. The van der Waals surface area contributed by atoms with Gasteiger partial charge in [-0.15, -0.1) is 0 Å². The minimum atomic E-state index is -0.418. The van der Waals surface area contributed by atoms with Gasteiger partial charge < -0.3 is 19.9 Å². The quantitative estimate of drug-likeness (QED) is 0.860. The molecule has 4 nitrogen and oxygen atoms in total. The van der Waals surface area contributed by atoms with Gasteiger partial charge in [0.2, 0.25) is 0 Å². The Kier molecular flexibility index (Phi) is 3.75. The minimum absolute atomic E-state index is 0.246. The van der Waals surface area contributed by atoms with Crippen LogP contribution in [0.15, 0.2) is 36.4 Å². The van der Waals surface area contributed by atoms with E-state index in [-0.39, 0.29) is 5.75 Å². The summed E-state index contributed by atoms with van der Waals surface area (Å²) in [6.45, 7) is 0. The van der Waals surface area contributed by atoms with Crippen molar-refractivity contribution in [2.75, 3.05) is 20.0 Å². The van der Waals surface area contributed by atoms with E-state index < -0.39 is 5.82 Å². The molecule has 2 N–H and O–H groups in total. The van der Waals surface area contributed by atoms with Crippen LogP contribution in [0.5, 0.6) is 23.0 Å². The average Bonchev–Trinajstić information content (AvgIpc) is 2.42. The van der Waals surface area contributed by atoms with Gasteiger partial charge in [0, 0.05) is 24.3 Å². The monoisotopic (exact) mass is 263 g/mol. The molecule has 0 aliphatic rings. The first kappa shape index (κ1) is 13.0. The first-order chi connectivity index (χ1) is 9.12. The summed E-state index contributed by atoms with van der Waals surface area (Å²) < 4.78 is 29.0. The first-order valence-corrected chi connectivity index (χ1v) is 5.58. The molecule has 0 heterocycles. The van der Waals surface area contributed by atoms with Crippen LogP contribution in [0.1, 0.15) is 0 Å². The zero-order chi connectivity index (χ0) is 13.8. The van der Waals surface area contributed by atoms with Gasteiger partial charge in [0.25, 0.3) is 0 Å². The third-order valence-electron chi connectivity index (χ3n) is 2.53. The molecule has 0 amide bonds. The second-order valence-electron chi connectivity index (χ2n) is 3.83. The maximum absolute atomic E-state index is 13.2. The van der Waals surface area contributed by atoms with E-state index in [0.29, 0.717) is 22.9 Å². The SMILES string of the molecule is COc1cc(OC)cc(Oc2cc(F)ccc2N)c1. The minimum Gasteiger partial charge on any atom is -0.496 e. The maximum atomic E-state index is 13.2. The van der Waals surface area contributed by atoms with Crippen LogP contribution in [0.3, 0.4) is 0 Å². The Balaban J connectivity index is 2.34.